The summed E-state index contributed by atoms with van der Waals surface area (Å²) in [4.78, 5) is 17.8. The van der Waals surface area contributed by atoms with Gasteiger partial charge in [0.25, 0.3) is 0 Å². The maximum absolute atomic E-state index is 10.6. The lowest BCUT2D eigenvalue weighted by Gasteiger charge is -2.37. The fourth-order valence-electron chi connectivity index (χ4n) is 1.41. The van der Waals surface area contributed by atoms with Crippen LogP contribution in [-0.2, 0) is 14.3 Å². The molecule has 130 valence electrons. The van der Waals surface area contributed by atoms with Gasteiger partial charge in [0.05, 0.1) is 6.61 Å². The molecule has 22 heavy (non-hydrogen) atoms. The Morgan fingerprint density at radius 3 is 1.41 bits per heavy atom. The van der Waals surface area contributed by atoms with Crippen molar-refractivity contribution in [2.24, 2.45) is 5.41 Å². The van der Waals surface area contributed by atoms with Crippen LogP contribution in [0.15, 0.2) is 0 Å². The van der Waals surface area contributed by atoms with E-state index in [1.54, 1.807) is 0 Å². The molecular formula is C10H13F6NO5. The largest absolute Gasteiger partial charge is 0.490 e. The summed E-state index contributed by atoms with van der Waals surface area (Å²) in [6, 6.07) is 0. The lowest BCUT2D eigenvalue weighted by molar-refractivity contribution is -0.193. The molecule has 0 aliphatic carbocycles. The number of ether oxygens (including phenoxy) is 1. The van der Waals surface area contributed by atoms with Crippen LogP contribution in [0.1, 0.15) is 6.42 Å². The summed E-state index contributed by atoms with van der Waals surface area (Å²) < 4.78 is 68.7. The third-order valence-electron chi connectivity index (χ3n) is 2.67. The third-order valence-corrected chi connectivity index (χ3v) is 2.67. The number of rotatable bonds is 0. The van der Waals surface area contributed by atoms with Gasteiger partial charge in [-0.25, -0.2) is 9.59 Å². The second-order valence-electron chi connectivity index (χ2n) is 4.51. The van der Waals surface area contributed by atoms with Crippen LogP contribution in [0.5, 0.6) is 0 Å². The molecule has 0 aromatic rings. The molecule has 2 rings (SSSR count). The molecule has 2 aliphatic heterocycles. The van der Waals surface area contributed by atoms with E-state index >= 15 is 0 Å². The normalized spacial score (nSPS) is 19.2. The maximum atomic E-state index is 10.6. The van der Waals surface area contributed by atoms with Gasteiger partial charge < -0.3 is 20.3 Å². The predicted octanol–water partition coefficient (Wildman–Crippen LogP) is 1.26. The summed E-state index contributed by atoms with van der Waals surface area (Å²) in [5, 5.41) is 17.5. The summed E-state index contributed by atoms with van der Waals surface area (Å²) in [6.07, 6.45) is -8.89. The first-order valence-electron chi connectivity index (χ1n) is 5.69. The second kappa shape index (κ2) is 7.63. The molecule has 0 bridgehead atoms. The smallest absolute Gasteiger partial charge is 0.475 e. The molecule has 2 heterocycles. The number of alkyl halides is 6. The van der Waals surface area contributed by atoms with E-state index in [1.807, 2.05) is 0 Å². The van der Waals surface area contributed by atoms with Gasteiger partial charge in [-0.2, -0.15) is 26.3 Å². The molecule has 1 spiro atoms. The van der Waals surface area contributed by atoms with E-state index in [0.717, 1.165) is 13.2 Å². The Kier molecular flexibility index (Phi) is 7.09. The number of nitrogens with one attached hydrogen (secondary N) is 1. The van der Waals surface area contributed by atoms with Crippen molar-refractivity contribution in [2.45, 2.75) is 18.8 Å². The average molecular weight is 341 g/mol. The number of aliphatic carboxylic acids is 2. The van der Waals surface area contributed by atoms with Crippen LogP contribution in [0.25, 0.3) is 0 Å². The maximum Gasteiger partial charge on any atom is 0.490 e. The minimum Gasteiger partial charge on any atom is -0.475 e. The fraction of sp³-hybridized carbons (Fsp3) is 0.800. The first-order chi connectivity index (χ1) is 9.80. The number of carboxylic acids is 2. The van der Waals surface area contributed by atoms with Crippen LogP contribution in [0.2, 0.25) is 0 Å². The SMILES string of the molecule is C1CC2(CNC2)CO1.O=C(O)C(F)(F)F.O=C(O)C(F)(F)F. The first kappa shape index (κ1) is 20.4. The number of hydrogen-bond donors (Lipinski definition) is 3. The highest BCUT2D eigenvalue weighted by Crippen LogP contribution is 2.31. The molecule has 0 saturated carbocycles. The zero-order valence-corrected chi connectivity index (χ0v) is 10.9. The van der Waals surface area contributed by atoms with Crippen molar-refractivity contribution in [3.8, 4) is 0 Å². The molecule has 3 N–H and O–H groups in total. The van der Waals surface area contributed by atoms with Gasteiger partial charge in [-0.05, 0) is 6.42 Å². The van der Waals surface area contributed by atoms with Gasteiger partial charge in [0.15, 0.2) is 0 Å². The Morgan fingerprint density at radius 2 is 1.32 bits per heavy atom. The molecule has 0 aromatic heterocycles. The van der Waals surface area contributed by atoms with Crippen LogP contribution in [0.4, 0.5) is 26.3 Å². The number of hydrogen-bond acceptors (Lipinski definition) is 4. The van der Waals surface area contributed by atoms with E-state index in [2.05, 4.69) is 5.32 Å². The molecule has 0 atom stereocenters. The molecule has 2 fully saturated rings. The third kappa shape index (κ3) is 7.45. The van der Waals surface area contributed by atoms with E-state index in [-0.39, 0.29) is 0 Å². The molecule has 2 aliphatic rings. The highest BCUT2D eigenvalue weighted by atomic mass is 19.4. The van der Waals surface area contributed by atoms with Gasteiger partial charge in [-0.1, -0.05) is 0 Å². The monoisotopic (exact) mass is 341 g/mol. The van der Waals surface area contributed by atoms with Gasteiger partial charge in [0, 0.05) is 25.1 Å². The molecule has 6 nitrogen and oxygen atoms in total. The van der Waals surface area contributed by atoms with E-state index in [0.29, 0.717) is 5.41 Å². The topological polar surface area (TPSA) is 95.9 Å². The highest BCUT2D eigenvalue weighted by Gasteiger charge is 2.40. The fourth-order valence-corrected chi connectivity index (χ4v) is 1.41. The Labute approximate surface area is 120 Å². The van der Waals surface area contributed by atoms with Gasteiger partial charge in [0.1, 0.15) is 0 Å². The lowest BCUT2D eigenvalue weighted by Crippen LogP contribution is -2.53. The summed E-state index contributed by atoms with van der Waals surface area (Å²) in [7, 11) is 0. The van der Waals surface area contributed by atoms with Gasteiger partial charge in [-0.3, -0.25) is 0 Å². The predicted molar refractivity (Wildman–Crippen MR) is 58.1 cm³/mol. The molecule has 0 unspecified atom stereocenters. The summed E-state index contributed by atoms with van der Waals surface area (Å²) in [5.41, 5.74) is 0.583. The van der Waals surface area contributed by atoms with E-state index < -0.39 is 24.3 Å². The minimum atomic E-state index is -5.08. The standard InChI is InChI=1S/C6H11NO.2C2HF3O2/c1-2-8-5-6(1)3-7-4-6;2*3-2(4,5)1(6)7/h7H,1-5H2;2*(H,6,7). The number of carboxylic acid groups (broad SMARTS) is 2. The zero-order valence-electron chi connectivity index (χ0n) is 10.9. The Bertz CT molecular complexity index is 358. The molecule has 0 radical (unpaired) electrons. The van der Waals surface area contributed by atoms with Gasteiger partial charge >= 0.3 is 24.3 Å². The van der Waals surface area contributed by atoms with Crippen molar-refractivity contribution in [1.82, 2.24) is 5.32 Å². The highest BCUT2D eigenvalue weighted by molar-refractivity contribution is 5.73. The van der Waals surface area contributed by atoms with Crippen molar-refractivity contribution >= 4 is 11.9 Å². The summed E-state index contributed by atoms with van der Waals surface area (Å²) >= 11 is 0. The van der Waals surface area contributed by atoms with Crippen LogP contribution < -0.4 is 5.32 Å². The number of carbonyl (C=O) groups is 2. The van der Waals surface area contributed by atoms with E-state index in [1.165, 1.54) is 19.5 Å². The Hall–Kier alpha value is -1.56. The second-order valence-corrected chi connectivity index (χ2v) is 4.51. The van der Waals surface area contributed by atoms with Crippen molar-refractivity contribution in [2.75, 3.05) is 26.3 Å². The van der Waals surface area contributed by atoms with Crippen molar-refractivity contribution in [1.29, 1.82) is 0 Å². The van der Waals surface area contributed by atoms with Crippen LogP contribution >= 0.6 is 0 Å². The first-order valence-corrected chi connectivity index (χ1v) is 5.69. The summed E-state index contributed by atoms with van der Waals surface area (Å²) in [6.45, 7) is 4.36. The van der Waals surface area contributed by atoms with E-state index in [9.17, 15) is 26.3 Å². The molecule has 12 heteroatoms. The zero-order chi connectivity index (χ0) is 17.6. The molecular weight excluding hydrogens is 328 g/mol. The molecule has 2 saturated heterocycles. The quantitative estimate of drug-likeness (QED) is 0.574. The lowest BCUT2D eigenvalue weighted by atomic mass is 9.81. The van der Waals surface area contributed by atoms with Crippen LogP contribution in [0.3, 0.4) is 0 Å². The van der Waals surface area contributed by atoms with Crippen molar-refractivity contribution in [3.63, 3.8) is 0 Å². The Balaban J connectivity index is 0.000000303. The molecule has 0 aromatic carbocycles. The Morgan fingerprint density at radius 1 is 0.955 bits per heavy atom. The summed E-state index contributed by atoms with van der Waals surface area (Å²) in [5.74, 6) is -5.51. The van der Waals surface area contributed by atoms with Crippen molar-refractivity contribution in [3.05, 3.63) is 0 Å². The van der Waals surface area contributed by atoms with Crippen LogP contribution in [-0.4, -0.2) is 60.8 Å². The van der Waals surface area contributed by atoms with Crippen molar-refractivity contribution < 1.29 is 50.9 Å². The number of halogens is 6. The minimum absolute atomic E-state index is 0.583. The van der Waals surface area contributed by atoms with E-state index in [4.69, 9.17) is 24.5 Å². The molecule has 0 amide bonds. The van der Waals surface area contributed by atoms with Crippen LogP contribution in [0, 0.1) is 5.41 Å². The average Bonchev–Trinajstić information content (AvgIpc) is 2.76. The van der Waals surface area contributed by atoms with Gasteiger partial charge in [0.2, 0.25) is 0 Å². The van der Waals surface area contributed by atoms with Gasteiger partial charge in [-0.15, -0.1) is 0 Å².